The van der Waals surface area contributed by atoms with Gasteiger partial charge in [0.15, 0.2) is 0 Å². The SMILES string of the molecule is COc1ccc(-c2cc(-c3ccc(OC)cc3)c(C#N)c(SC(C(N)=O)c3ccccc3)n2)cc1. The maximum atomic E-state index is 12.4. The standard InChI is InChI=1S/C28H23N3O3S/c1-33-21-12-8-18(9-13-21)23-16-25(19-10-14-22(34-2)15-11-19)31-28(24(23)17-29)35-26(27(30)32)20-6-4-3-5-7-20/h3-16,26H,1-2H3,(H2,30,32). The number of hydrogen-bond donors (Lipinski definition) is 1. The molecule has 0 bridgehead atoms. The molecule has 0 spiro atoms. The first kappa shape index (κ1) is 23.9. The van der Waals surface area contributed by atoms with Gasteiger partial charge in [0.2, 0.25) is 5.91 Å². The van der Waals surface area contributed by atoms with Crippen LogP contribution in [0.2, 0.25) is 0 Å². The van der Waals surface area contributed by atoms with Crippen LogP contribution in [0.1, 0.15) is 16.4 Å². The van der Waals surface area contributed by atoms with E-state index in [1.165, 1.54) is 11.8 Å². The highest BCUT2D eigenvalue weighted by Gasteiger charge is 2.24. The normalized spacial score (nSPS) is 11.3. The fourth-order valence-corrected chi connectivity index (χ4v) is 4.71. The molecular weight excluding hydrogens is 458 g/mol. The van der Waals surface area contributed by atoms with E-state index in [1.54, 1.807) is 14.2 Å². The number of carbonyl (C=O) groups is 1. The number of nitriles is 1. The zero-order valence-corrected chi connectivity index (χ0v) is 20.1. The lowest BCUT2D eigenvalue weighted by Crippen LogP contribution is -2.19. The molecule has 0 saturated heterocycles. The van der Waals surface area contributed by atoms with Crippen molar-refractivity contribution in [3.63, 3.8) is 0 Å². The molecule has 1 atom stereocenters. The highest BCUT2D eigenvalue weighted by Crippen LogP contribution is 2.40. The average molecular weight is 482 g/mol. The second-order valence-corrected chi connectivity index (χ2v) is 8.71. The Hall–Kier alpha value is -4.28. The Morgan fingerprint density at radius 3 is 2.00 bits per heavy atom. The maximum absolute atomic E-state index is 12.4. The van der Waals surface area contributed by atoms with Gasteiger partial charge in [0, 0.05) is 11.1 Å². The van der Waals surface area contributed by atoms with Crippen LogP contribution < -0.4 is 15.2 Å². The van der Waals surface area contributed by atoms with Crippen molar-refractivity contribution in [2.45, 2.75) is 10.3 Å². The summed E-state index contributed by atoms with van der Waals surface area (Å²) in [6, 6.07) is 28.4. The number of methoxy groups -OCH3 is 2. The van der Waals surface area contributed by atoms with Gasteiger partial charge in [0.25, 0.3) is 0 Å². The third kappa shape index (κ3) is 5.29. The first-order valence-electron chi connectivity index (χ1n) is 10.8. The molecule has 6 nitrogen and oxygen atoms in total. The molecular formula is C28H23N3O3S. The summed E-state index contributed by atoms with van der Waals surface area (Å²) in [5.41, 5.74) is 9.94. The van der Waals surface area contributed by atoms with Crippen molar-refractivity contribution in [3.05, 3.63) is 96.1 Å². The number of thioether (sulfide) groups is 1. The predicted molar refractivity (Wildman–Crippen MR) is 137 cm³/mol. The molecule has 0 saturated carbocycles. The Morgan fingerprint density at radius 2 is 1.49 bits per heavy atom. The number of benzene rings is 3. The van der Waals surface area contributed by atoms with Gasteiger partial charge in [-0.1, -0.05) is 54.2 Å². The van der Waals surface area contributed by atoms with Crippen molar-refractivity contribution in [1.82, 2.24) is 4.98 Å². The third-order valence-corrected chi connectivity index (χ3v) is 6.73. The van der Waals surface area contributed by atoms with Gasteiger partial charge in [-0.25, -0.2) is 4.98 Å². The minimum absolute atomic E-state index is 0.375. The first-order chi connectivity index (χ1) is 17.0. The number of aromatic nitrogens is 1. The van der Waals surface area contributed by atoms with Gasteiger partial charge in [-0.2, -0.15) is 5.26 Å². The molecule has 1 amide bonds. The molecule has 0 radical (unpaired) electrons. The Balaban J connectivity index is 1.89. The number of pyridine rings is 1. The summed E-state index contributed by atoms with van der Waals surface area (Å²) in [6.45, 7) is 0. The summed E-state index contributed by atoms with van der Waals surface area (Å²) in [6.07, 6.45) is 0. The van der Waals surface area contributed by atoms with E-state index in [0.29, 0.717) is 27.6 Å². The summed E-state index contributed by atoms with van der Waals surface area (Å²) in [4.78, 5) is 17.2. The van der Waals surface area contributed by atoms with Crippen LogP contribution in [0.3, 0.4) is 0 Å². The van der Waals surface area contributed by atoms with Crippen LogP contribution >= 0.6 is 11.8 Å². The van der Waals surface area contributed by atoms with E-state index >= 15 is 0 Å². The molecule has 7 heteroatoms. The van der Waals surface area contributed by atoms with Crippen molar-refractivity contribution in [2.75, 3.05) is 14.2 Å². The summed E-state index contributed by atoms with van der Waals surface area (Å²) >= 11 is 1.18. The van der Waals surface area contributed by atoms with E-state index in [-0.39, 0.29) is 0 Å². The van der Waals surface area contributed by atoms with E-state index in [1.807, 2.05) is 84.9 Å². The van der Waals surface area contributed by atoms with E-state index in [4.69, 9.17) is 20.2 Å². The van der Waals surface area contributed by atoms with E-state index in [0.717, 1.165) is 22.4 Å². The maximum Gasteiger partial charge on any atom is 0.235 e. The van der Waals surface area contributed by atoms with Crippen LogP contribution in [0.15, 0.2) is 90.0 Å². The third-order valence-electron chi connectivity index (χ3n) is 5.48. The fraction of sp³-hybridized carbons (Fsp3) is 0.107. The molecule has 1 unspecified atom stereocenters. The smallest absolute Gasteiger partial charge is 0.235 e. The minimum Gasteiger partial charge on any atom is -0.497 e. The predicted octanol–water partition coefficient (Wildman–Crippen LogP) is 5.62. The quantitative estimate of drug-likeness (QED) is 0.328. The Kier molecular flexibility index (Phi) is 7.34. The lowest BCUT2D eigenvalue weighted by Gasteiger charge is -2.17. The summed E-state index contributed by atoms with van der Waals surface area (Å²) in [5, 5.41) is 9.88. The highest BCUT2D eigenvalue weighted by atomic mass is 32.2. The summed E-state index contributed by atoms with van der Waals surface area (Å²) in [7, 11) is 3.21. The molecule has 0 aliphatic rings. The van der Waals surface area contributed by atoms with Crippen LogP contribution in [0.25, 0.3) is 22.4 Å². The molecule has 35 heavy (non-hydrogen) atoms. The highest BCUT2D eigenvalue weighted by molar-refractivity contribution is 8.00. The number of primary amides is 1. The van der Waals surface area contributed by atoms with Crippen molar-refractivity contribution in [1.29, 1.82) is 5.26 Å². The van der Waals surface area contributed by atoms with Gasteiger partial charge >= 0.3 is 0 Å². The van der Waals surface area contributed by atoms with Gasteiger partial charge in [0.1, 0.15) is 27.8 Å². The molecule has 2 N–H and O–H groups in total. The van der Waals surface area contributed by atoms with E-state index in [9.17, 15) is 10.1 Å². The Bertz CT molecular complexity index is 1370. The van der Waals surface area contributed by atoms with Crippen LogP contribution in [-0.4, -0.2) is 25.1 Å². The zero-order valence-electron chi connectivity index (χ0n) is 19.3. The van der Waals surface area contributed by atoms with Gasteiger partial charge in [0.05, 0.1) is 25.5 Å². The molecule has 3 aromatic carbocycles. The lowest BCUT2D eigenvalue weighted by atomic mass is 9.99. The van der Waals surface area contributed by atoms with Gasteiger partial charge in [-0.3, -0.25) is 4.79 Å². The van der Waals surface area contributed by atoms with Gasteiger partial charge in [-0.15, -0.1) is 0 Å². The van der Waals surface area contributed by atoms with Crippen molar-refractivity contribution in [3.8, 4) is 40.0 Å². The largest absolute Gasteiger partial charge is 0.497 e. The molecule has 4 aromatic rings. The van der Waals surface area contributed by atoms with Crippen molar-refractivity contribution < 1.29 is 14.3 Å². The van der Waals surface area contributed by atoms with Gasteiger partial charge < -0.3 is 15.2 Å². The van der Waals surface area contributed by atoms with Crippen LogP contribution in [0, 0.1) is 11.3 Å². The number of hydrogen-bond acceptors (Lipinski definition) is 6. The zero-order chi connectivity index (χ0) is 24.8. The van der Waals surface area contributed by atoms with Gasteiger partial charge in [-0.05, 0) is 53.6 Å². The van der Waals surface area contributed by atoms with Crippen molar-refractivity contribution >= 4 is 17.7 Å². The molecule has 0 fully saturated rings. The Morgan fingerprint density at radius 1 is 0.914 bits per heavy atom. The average Bonchev–Trinajstić information content (AvgIpc) is 2.91. The molecule has 0 aliphatic heterocycles. The number of amides is 1. The summed E-state index contributed by atoms with van der Waals surface area (Å²) < 4.78 is 10.6. The Labute approximate surface area is 208 Å². The molecule has 1 aromatic heterocycles. The number of nitrogens with two attached hydrogens (primary N) is 1. The van der Waals surface area contributed by atoms with Crippen LogP contribution in [-0.2, 0) is 4.79 Å². The molecule has 174 valence electrons. The summed E-state index contributed by atoms with van der Waals surface area (Å²) in [5.74, 6) is 0.933. The second kappa shape index (κ2) is 10.8. The monoisotopic (exact) mass is 481 g/mol. The molecule has 1 heterocycles. The minimum atomic E-state index is -0.703. The number of ether oxygens (including phenoxy) is 2. The number of carbonyl (C=O) groups excluding carboxylic acids is 1. The number of nitrogens with zero attached hydrogens (tertiary/aromatic N) is 2. The van der Waals surface area contributed by atoms with Crippen LogP contribution in [0.5, 0.6) is 11.5 Å². The second-order valence-electron chi connectivity index (χ2n) is 7.61. The first-order valence-corrected chi connectivity index (χ1v) is 11.7. The molecule has 4 rings (SSSR count). The van der Waals surface area contributed by atoms with E-state index < -0.39 is 11.2 Å². The van der Waals surface area contributed by atoms with E-state index in [2.05, 4.69) is 6.07 Å². The fourth-order valence-electron chi connectivity index (χ4n) is 3.65. The molecule has 0 aliphatic carbocycles. The number of rotatable bonds is 8. The van der Waals surface area contributed by atoms with Crippen LogP contribution in [0.4, 0.5) is 0 Å². The van der Waals surface area contributed by atoms with Crippen molar-refractivity contribution in [2.24, 2.45) is 5.73 Å². The lowest BCUT2D eigenvalue weighted by molar-refractivity contribution is -0.117. The topological polar surface area (TPSA) is 98.2 Å².